The summed E-state index contributed by atoms with van der Waals surface area (Å²) in [5, 5.41) is 15.4. The Balaban J connectivity index is 2.59. The van der Waals surface area contributed by atoms with Crippen LogP contribution in [0.3, 0.4) is 0 Å². The van der Waals surface area contributed by atoms with E-state index in [9.17, 15) is 10.1 Å². The molecule has 0 aliphatic carbocycles. The Bertz CT molecular complexity index is 637. The summed E-state index contributed by atoms with van der Waals surface area (Å²) in [6.45, 7) is 3.99. The van der Waals surface area contributed by atoms with Gasteiger partial charge in [0.2, 0.25) is 0 Å². The van der Waals surface area contributed by atoms with Crippen LogP contribution in [0.15, 0.2) is 18.2 Å². The predicted molar refractivity (Wildman–Crippen MR) is 74.6 cm³/mol. The number of aromatic nitrogens is 3. The lowest BCUT2D eigenvalue weighted by atomic mass is 10.2. The Morgan fingerprint density at radius 3 is 2.65 bits per heavy atom. The van der Waals surface area contributed by atoms with Crippen molar-refractivity contribution in [3.63, 3.8) is 0 Å². The minimum absolute atomic E-state index is 0.0847. The second-order valence-electron chi connectivity index (χ2n) is 4.22. The van der Waals surface area contributed by atoms with Gasteiger partial charge >= 0.3 is 0 Å². The Hall–Kier alpha value is -2.48. The zero-order chi connectivity index (χ0) is 14.7. The fraction of sp³-hybridized carbons (Fsp3) is 0.333. The van der Waals surface area contributed by atoms with Gasteiger partial charge < -0.3 is 5.43 Å². The number of anilines is 1. The van der Waals surface area contributed by atoms with Gasteiger partial charge in [-0.05, 0) is 18.9 Å². The molecule has 2 rings (SSSR count). The fourth-order valence-corrected chi connectivity index (χ4v) is 1.89. The van der Waals surface area contributed by atoms with E-state index in [1.165, 1.54) is 12.1 Å². The molecule has 2 aromatic rings. The Morgan fingerprint density at radius 2 is 2.10 bits per heavy atom. The summed E-state index contributed by atoms with van der Waals surface area (Å²) in [6.07, 6.45) is 1.54. The maximum Gasteiger partial charge on any atom is 0.276 e. The first-order valence-corrected chi connectivity index (χ1v) is 6.30. The number of nitrogens with one attached hydrogen (secondary N) is 1. The normalized spacial score (nSPS) is 10.6. The van der Waals surface area contributed by atoms with Crippen LogP contribution in [0.25, 0.3) is 5.82 Å². The molecule has 20 heavy (non-hydrogen) atoms. The molecule has 0 saturated heterocycles. The average molecular weight is 276 g/mol. The molecule has 0 fully saturated rings. The van der Waals surface area contributed by atoms with E-state index in [-0.39, 0.29) is 11.5 Å². The first kappa shape index (κ1) is 13.9. The lowest BCUT2D eigenvalue weighted by molar-refractivity contribution is -0.384. The van der Waals surface area contributed by atoms with Gasteiger partial charge in [-0.1, -0.05) is 13.8 Å². The maximum atomic E-state index is 10.9. The fourth-order valence-electron chi connectivity index (χ4n) is 1.89. The summed E-state index contributed by atoms with van der Waals surface area (Å²) in [4.78, 5) is 14.7. The van der Waals surface area contributed by atoms with Crippen LogP contribution < -0.4 is 11.3 Å². The minimum Gasteiger partial charge on any atom is -0.308 e. The van der Waals surface area contributed by atoms with Crippen molar-refractivity contribution < 1.29 is 4.92 Å². The van der Waals surface area contributed by atoms with Crippen LogP contribution in [-0.2, 0) is 12.8 Å². The number of nitrogens with zero attached hydrogens (tertiary/aromatic N) is 4. The van der Waals surface area contributed by atoms with Gasteiger partial charge in [-0.2, -0.15) is 5.10 Å². The van der Waals surface area contributed by atoms with Crippen molar-refractivity contribution >= 4 is 11.5 Å². The monoisotopic (exact) mass is 276 g/mol. The molecule has 0 radical (unpaired) electrons. The van der Waals surface area contributed by atoms with Gasteiger partial charge in [0, 0.05) is 5.69 Å². The molecule has 3 N–H and O–H groups in total. The van der Waals surface area contributed by atoms with Gasteiger partial charge in [-0.3, -0.25) is 10.1 Å². The number of rotatable bonds is 5. The van der Waals surface area contributed by atoms with Gasteiger partial charge in [-0.15, -0.1) is 0 Å². The van der Waals surface area contributed by atoms with E-state index in [1.54, 1.807) is 4.68 Å². The van der Waals surface area contributed by atoms with E-state index in [2.05, 4.69) is 15.5 Å². The molecule has 0 amide bonds. The molecule has 0 unspecified atom stereocenters. The smallest absolute Gasteiger partial charge is 0.276 e. The molecule has 0 saturated carbocycles. The third-order valence-corrected chi connectivity index (χ3v) is 2.93. The molecule has 2 heterocycles. The van der Waals surface area contributed by atoms with Gasteiger partial charge in [0.1, 0.15) is 5.82 Å². The van der Waals surface area contributed by atoms with Gasteiger partial charge in [0.15, 0.2) is 5.82 Å². The van der Waals surface area contributed by atoms with Crippen LogP contribution in [0.5, 0.6) is 0 Å². The van der Waals surface area contributed by atoms with Crippen LogP contribution in [-0.4, -0.2) is 19.7 Å². The number of aryl methyl sites for hydroxylation is 2. The average Bonchev–Trinajstić information content (AvgIpc) is 2.90. The van der Waals surface area contributed by atoms with Crippen molar-refractivity contribution in [2.45, 2.75) is 26.7 Å². The highest BCUT2D eigenvalue weighted by Crippen LogP contribution is 2.21. The molecular weight excluding hydrogens is 260 g/mol. The number of nitrogens with two attached hydrogens (primary N) is 1. The zero-order valence-electron chi connectivity index (χ0n) is 11.3. The highest BCUT2D eigenvalue weighted by Gasteiger charge is 2.15. The lowest BCUT2D eigenvalue weighted by Crippen LogP contribution is -2.12. The van der Waals surface area contributed by atoms with E-state index in [1.807, 2.05) is 19.9 Å². The molecule has 2 aromatic heterocycles. The van der Waals surface area contributed by atoms with E-state index >= 15 is 0 Å². The Morgan fingerprint density at radius 1 is 1.35 bits per heavy atom. The second kappa shape index (κ2) is 5.66. The van der Waals surface area contributed by atoms with Crippen molar-refractivity contribution in [1.82, 2.24) is 14.8 Å². The number of hydrogen-bond acceptors (Lipinski definition) is 6. The standard InChI is InChI=1S/C12H16N6O2/c1-3-8-5-9(4-2)17(16-8)12-7-10(18(19)20)6-11(14-12)15-13/h5-7H,3-4,13H2,1-2H3,(H,14,15). The summed E-state index contributed by atoms with van der Waals surface area (Å²) in [5.74, 6) is 5.91. The number of hydrazine groups is 1. The molecule has 0 bridgehead atoms. The number of hydrogen-bond donors (Lipinski definition) is 2. The third kappa shape index (κ3) is 2.59. The second-order valence-corrected chi connectivity index (χ2v) is 4.22. The quantitative estimate of drug-likeness (QED) is 0.487. The van der Waals surface area contributed by atoms with Crippen LogP contribution in [0, 0.1) is 10.1 Å². The van der Waals surface area contributed by atoms with Crippen molar-refractivity contribution in [3.05, 3.63) is 39.7 Å². The van der Waals surface area contributed by atoms with E-state index < -0.39 is 4.92 Å². The summed E-state index contributed by atoms with van der Waals surface area (Å²) < 4.78 is 1.62. The van der Waals surface area contributed by atoms with Gasteiger partial charge in [0.25, 0.3) is 5.69 Å². The summed E-state index contributed by atoms with van der Waals surface area (Å²) in [5.41, 5.74) is 4.11. The first-order valence-electron chi connectivity index (χ1n) is 6.30. The van der Waals surface area contributed by atoms with Crippen LogP contribution in [0.1, 0.15) is 25.2 Å². The summed E-state index contributed by atoms with van der Waals surface area (Å²) in [6, 6.07) is 4.63. The van der Waals surface area contributed by atoms with Crippen molar-refractivity contribution in [1.29, 1.82) is 0 Å². The highest BCUT2D eigenvalue weighted by atomic mass is 16.6. The first-order chi connectivity index (χ1) is 9.58. The largest absolute Gasteiger partial charge is 0.308 e. The van der Waals surface area contributed by atoms with E-state index in [0.29, 0.717) is 5.82 Å². The highest BCUT2D eigenvalue weighted by molar-refractivity contribution is 5.50. The van der Waals surface area contributed by atoms with Gasteiger partial charge in [0.05, 0.1) is 22.7 Å². The van der Waals surface area contributed by atoms with Crippen molar-refractivity contribution in [2.75, 3.05) is 5.43 Å². The van der Waals surface area contributed by atoms with E-state index in [0.717, 1.165) is 24.2 Å². The molecule has 0 atom stereocenters. The van der Waals surface area contributed by atoms with Crippen molar-refractivity contribution in [3.8, 4) is 5.82 Å². The zero-order valence-corrected chi connectivity index (χ0v) is 11.3. The molecule has 8 nitrogen and oxygen atoms in total. The van der Waals surface area contributed by atoms with Crippen molar-refractivity contribution in [2.24, 2.45) is 5.84 Å². The van der Waals surface area contributed by atoms with Crippen LogP contribution in [0.2, 0.25) is 0 Å². The number of nitro groups is 1. The molecule has 8 heteroatoms. The van der Waals surface area contributed by atoms with Crippen LogP contribution >= 0.6 is 0 Å². The third-order valence-electron chi connectivity index (χ3n) is 2.93. The maximum absolute atomic E-state index is 10.9. The molecule has 0 spiro atoms. The SMILES string of the molecule is CCc1cc(CC)n(-c2cc([N+](=O)[O-])cc(NN)n2)n1. The van der Waals surface area contributed by atoms with Gasteiger partial charge in [-0.25, -0.2) is 15.5 Å². The molecule has 0 aliphatic rings. The summed E-state index contributed by atoms with van der Waals surface area (Å²) in [7, 11) is 0. The summed E-state index contributed by atoms with van der Waals surface area (Å²) >= 11 is 0. The number of pyridine rings is 1. The lowest BCUT2D eigenvalue weighted by Gasteiger charge is -2.07. The number of nitrogen functional groups attached to an aromatic ring is 1. The Labute approximate surface area is 115 Å². The van der Waals surface area contributed by atoms with Crippen LogP contribution in [0.4, 0.5) is 11.5 Å². The Kier molecular flexibility index (Phi) is 3.94. The minimum atomic E-state index is -0.484. The topological polar surface area (TPSA) is 112 Å². The van der Waals surface area contributed by atoms with E-state index in [4.69, 9.17) is 5.84 Å². The molecule has 0 aromatic carbocycles. The predicted octanol–water partition coefficient (Wildman–Crippen LogP) is 1.59. The molecular formula is C12H16N6O2. The molecule has 106 valence electrons. The molecule has 0 aliphatic heterocycles.